The van der Waals surface area contributed by atoms with Gasteiger partial charge < -0.3 is 10.4 Å². The predicted octanol–water partition coefficient (Wildman–Crippen LogP) is 4.57. The Bertz CT molecular complexity index is 1050. The summed E-state index contributed by atoms with van der Waals surface area (Å²) in [5, 5.41) is 12.6. The number of nitrogens with one attached hydrogen (secondary N) is 1. The van der Waals surface area contributed by atoms with E-state index in [-0.39, 0.29) is 17.4 Å². The zero-order valence-corrected chi connectivity index (χ0v) is 16.1. The van der Waals surface area contributed by atoms with Crippen molar-refractivity contribution in [3.8, 4) is 11.1 Å². The minimum Gasteiger partial charge on any atom is -0.478 e. The highest BCUT2D eigenvalue weighted by atomic mass is 19.1. The number of rotatable bonds is 6. The number of pyridine rings is 1. The highest BCUT2D eigenvalue weighted by molar-refractivity contribution is 5.93. The first-order valence-electron chi connectivity index (χ1n) is 9.61. The first-order chi connectivity index (χ1) is 14.1. The number of fused-ring (bicyclic) bond motifs is 1. The van der Waals surface area contributed by atoms with Crippen LogP contribution in [0, 0.1) is 5.82 Å². The summed E-state index contributed by atoms with van der Waals surface area (Å²) in [4.78, 5) is 17.8. The number of likely N-dealkylation sites (N-methyl/N-ethyl adjacent to an activating group) is 1. The van der Waals surface area contributed by atoms with Crippen LogP contribution in [0.5, 0.6) is 0 Å². The minimum atomic E-state index is -0.983. The van der Waals surface area contributed by atoms with Crippen LogP contribution in [-0.4, -0.2) is 34.0 Å². The van der Waals surface area contributed by atoms with Crippen LogP contribution in [0.25, 0.3) is 11.1 Å². The number of hydrogen-bond acceptors (Lipinski definition) is 4. The molecule has 2 aromatic carbocycles. The van der Waals surface area contributed by atoms with Crippen LogP contribution in [0.4, 0.5) is 10.1 Å². The fourth-order valence-electron chi connectivity index (χ4n) is 3.96. The molecule has 2 heterocycles. The lowest BCUT2D eigenvalue weighted by atomic mass is 9.97. The molecule has 0 aliphatic carbocycles. The second-order valence-electron chi connectivity index (χ2n) is 7.08. The summed E-state index contributed by atoms with van der Waals surface area (Å²) < 4.78 is 14.2. The smallest absolute Gasteiger partial charge is 0.337 e. The molecule has 0 saturated heterocycles. The molecule has 0 amide bonds. The summed E-state index contributed by atoms with van der Waals surface area (Å²) >= 11 is 0. The third-order valence-electron chi connectivity index (χ3n) is 5.44. The molecule has 4 rings (SSSR count). The average molecular weight is 391 g/mol. The highest BCUT2D eigenvalue weighted by Crippen LogP contribution is 2.36. The van der Waals surface area contributed by atoms with Gasteiger partial charge in [0.2, 0.25) is 0 Å². The lowest BCUT2D eigenvalue weighted by Crippen LogP contribution is -2.27. The van der Waals surface area contributed by atoms with E-state index < -0.39 is 5.97 Å². The highest BCUT2D eigenvalue weighted by Gasteiger charge is 2.29. The number of carboxylic acids is 1. The summed E-state index contributed by atoms with van der Waals surface area (Å²) in [5.74, 6) is -1.21. The molecule has 0 radical (unpaired) electrons. The molecule has 1 aliphatic rings. The van der Waals surface area contributed by atoms with Crippen molar-refractivity contribution in [1.29, 1.82) is 0 Å². The fraction of sp³-hybridized carbons (Fsp3) is 0.217. The van der Waals surface area contributed by atoms with Crippen LogP contribution >= 0.6 is 0 Å². The van der Waals surface area contributed by atoms with E-state index in [9.17, 15) is 14.3 Å². The number of aromatic carboxylic acids is 1. The Labute approximate surface area is 168 Å². The normalized spacial score (nSPS) is 15.9. The van der Waals surface area contributed by atoms with E-state index in [2.05, 4.69) is 34.3 Å². The van der Waals surface area contributed by atoms with Crippen molar-refractivity contribution < 1.29 is 14.3 Å². The molecule has 0 saturated carbocycles. The van der Waals surface area contributed by atoms with Gasteiger partial charge in [-0.3, -0.25) is 9.88 Å². The molecular weight excluding hydrogens is 369 g/mol. The van der Waals surface area contributed by atoms with Crippen molar-refractivity contribution in [2.24, 2.45) is 0 Å². The Kier molecular flexibility index (Phi) is 5.27. The maximum absolute atomic E-state index is 14.2. The van der Waals surface area contributed by atoms with E-state index in [4.69, 9.17) is 0 Å². The van der Waals surface area contributed by atoms with E-state index in [1.807, 2.05) is 12.1 Å². The number of carbonyl (C=O) groups is 1. The van der Waals surface area contributed by atoms with Gasteiger partial charge in [0.25, 0.3) is 0 Å². The number of halogens is 1. The molecule has 0 fully saturated rings. The van der Waals surface area contributed by atoms with Crippen molar-refractivity contribution in [3.05, 3.63) is 83.4 Å². The topological polar surface area (TPSA) is 65.5 Å². The second-order valence-corrected chi connectivity index (χ2v) is 7.08. The Morgan fingerprint density at radius 3 is 2.86 bits per heavy atom. The molecular formula is C23H22FN3O2. The molecule has 0 unspecified atom stereocenters. The second kappa shape index (κ2) is 8.01. The summed E-state index contributed by atoms with van der Waals surface area (Å²) in [6.07, 6.45) is 3.01. The van der Waals surface area contributed by atoms with Crippen molar-refractivity contribution >= 4 is 11.7 Å². The predicted molar refractivity (Wildman–Crippen MR) is 110 cm³/mol. The molecule has 1 aliphatic heterocycles. The van der Waals surface area contributed by atoms with Gasteiger partial charge in [-0.25, -0.2) is 9.18 Å². The van der Waals surface area contributed by atoms with Crippen molar-refractivity contribution in [3.63, 3.8) is 0 Å². The van der Waals surface area contributed by atoms with Crippen LogP contribution in [0.2, 0.25) is 0 Å². The van der Waals surface area contributed by atoms with Gasteiger partial charge in [0, 0.05) is 24.8 Å². The Hall–Kier alpha value is -3.25. The molecule has 3 aromatic rings. The van der Waals surface area contributed by atoms with Crippen LogP contribution in [0.15, 0.2) is 60.9 Å². The lowest BCUT2D eigenvalue weighted by Gasteiger charge is -2.24. The molecule has 1 aromatic heterocycles. The SMILES string of the molecule is CCN1Cc2cc(-c3ccccc3F)ccc2[C@@H]1CNc1cnccc1C(=O)O. The summed E-state index contributed by atoms with van der Waals surface area (Å²) in [6, 6.07) is 14.5. The number of benzene rings is 2. The van der Waals surface area contributed by atoms with Gasteiger partial charge in [-0.2, -0.15) is 0 Å². The lowest BCUT2D eigenvalue weighted by molar-refractivity contribution is 0.0697. The third kappa shape index (κ3) is 3.71. The van der Waals surface area contributed by atoms with Gasteiger partial charge in [0.05, 0.1) is 23.5 Å². The Balaban J connectivity index is 1.60. The fourth-order valence-corrected chi connectivity index (χ4v) is 3.96. The van der Waals surface area contributed by atoms with Crippen molar-refractivity contribution in [2.75, 3.05) is 18.4 Å². The zero-order valence-electron chi connectivity index (χ0n) is 16.1. The van der Waals surface area contributed by atoms with Crippen molar-refractivity contribution in [1.82, 2.24) is 9.88 Å². The molecule has 0 bridgehead atoms. The summed E-state index contributed by atoms with van der Waals surface area (Å²) in [5.41, 5.74) is 4.53. The number of aromatic nitrogens is 1. The molecule has 1 atom stereocenters. The number of hydrogen-bond donors (Lipinski definition) is 2. The van der Waals surface area contributed by atoms with E-state index in [0.29, 0.717) is 17.8 Å². The molecule has 2 N–H and O–H groups in total. The maximum Gasteiger partial charge on any atom is 0.337 e. The first kappa shape index (κ1) is 19.1. The molecule has 6 heteroatoms. The average Bonchev–Trinajstić information content (AvgIpc) is 3.09. The Morgan fingerprint density at radius 1 is 1.28 bits per heavy atom. The largest absolute Gasteiger partial charge is 0.478 e. The van der Waals surface area contributed by atoms with E-state index in [1.54, 1.807) is 12.1 Å². The number of anilines is 1. The van der Waals surface area contributed by atoms with Crippen LogP contribution in [-0.2, 0) is 6.54 Å². The van der Waals surface area contributed by atoms with Crippen LogP contribution in [0.1, 0.15) is 34.5 Å². The van der Waals surface area contributed by atoms with Crippen LogP contribution < -0.4 is 5.32 Å². The zero-order chi connectivity index (χ0) is 20.4. The van der Waals surface area contributed by atoms with Gasteiger partial charge in [0.1, 0.15) is 5.82 Å². The molecule has 29 heavy (non-hydrogen) atoms. The molecule has 148 valence electrons. The molecule has 0 spiro atoms. The maximum atomic E-state index is 14.2. The number of carboxylic acid groups (broad SMARTS) is 1. The summed E-state index contributed by atoms with van der Waals surface area (Å²) in [7, 11) is 0. The number of nitrogens with zero attached hydrogens (tertiary/aromatic N) is 2. The van der Waals surface area contributed by atoms with Crippen molar-refractivity contribution in [2.45, 2.75) is 19.5 Å². The minimum absolute atomic E-state index is 0.103. The Morgan fingerprint density at radius 2 is 2.10 bits per heavy atom. The monoisotopic (exact) mass is 391 g/mol. The van der Waals surface area contributed by atoms with Gasteiger partial charge >= 0.3 is 5.97 Å². The van der Waals surface area contributed by atoms with Gasteiger partial charge in [0.15, 0.2) is 0 Å². The van der Waals surface area contributed by atoms with Gasteiger partial charge in [-0.05, 0) is 41.4 Å². The summed E-state index contributed by atoms with van der Waals surface area (Å²) in [6.45, 7) is 4.30. The quantitative estimate of drug-likeness (QED) is 0.644. The third-order valence-corrected chi connectivity index (χ3v) is 5.44. The van der Waals surface area contributed by atoms with E-state index in [1.165, 1.54) is 35.7 Å². The van der Waals surface area contributed by atoms with E-state index >= 15 is 0 Å². The standard InChI is InChI=1S/C23H22FN3O2/c1-2-27-14-16-11-15(17-5-3-4-6-20(17)24)7-8-18(16)22(27)13-26-21-12-25-10-9-19(21)23(28)29/h3-12,22,26H,2,13-14H2,1H3,(H,28,29)/t22-/m0/s1. The molecule has 5 nitrogen and oxygen atoms in total. The van der Waals surface area contributed by atoms with Crippen LogP contribution in [0.3, 0.4) is 0 Å². The van der Waals surface area contributed by atoms with Gasteiger partial charge in [-0.1, -0.05) is 37.3 Å². The van der Waals surface area contributed by atoms with E-state index in [0.717, 1.165) is 18.7 Å². The first-order valence-corrected chi connectivity index (χ1v) is 9.61. The van der Waals surface area contributed by atoms with Gasteiger partial charge in [-0.15, -0.1) is 0 Å².